The number of halogens is 3. The maximum Gasteiger partial charge on any atom is 0.146 e. The van der Waals surface area contributed by atoms with Crippen molar-refractivity contribution in [3.8, 4) is 0 Å². The van der Waals surface area contributed by atoms with Gasteiger partial charge in [0.25, 0.3) is 0 Å². The molecule has 0 aliphatic rings. The molecule has 0 amide bonds. The highest BCUT2D eigenvalue weighted by atomic mass is 35.5. The number of oxime groups is 1. The van der Waals surface area contributed by atoms with E-state index < -0.39 is 5.82 Å². The summed E-state index contributed by atoms with van der Waals surface area (Å²) in [7, 11) is 0. The third kappa shape index (κ3) is 3.94. The van der Waals surface area contributed by atoms with Crippen molar-refractivity contribution < 1.29 is 9.23 Å². The van der Waals surface area contributed by atoms with Gasteiger partial charge in [0.1, 0.15) is 12.4 Å². The van der Waals surface area contributed by atoms with E-state index in [9.17, 15) is 4.39 Å². The molecule has 0 radical (unpaired) electrons. The third-order valence-electron chi connectivity index (χ3n) is 2.42. The zero-order valence-electron chi connectivity index (χ0n) is 9.82. The Labute approximate surface area is 120 Å². The summed E-state index contributed by atoms with van der Waals surface area (Å²) in [5.74, 6) is -0.408. The highest BCUT2D eigenvalue weighted by molar-refractivity contribution is 6.31. The van der Waals surface area contributed by atoms with Crippen LogP contribution in [0.5, 0.6) is 0 Å². The Morgan fingerprint density at radius 2 is 1.84 bits per heavy atom. The fourth-order valence-corrected chi connectivity index (χ4v) is 1.76. The first kappa shape index (κ1) is 13.8. The standard InChI is InChI=1S/C14H10Cl2FNO/c15-11-6-4-10(5-7-11)8-18-19-9-12-13(16)2-1-3-14(12)17/h1-8H,9H2/b18-8+. The van der Waals surface area contributed by atoms with Gasteiger partial charge in [-0.05, 0) is 29.8 Å². The first-order valence-corrected chi connectivity index (χ1v) is 6.26. The first-order chi connectivity index (χ1) is 9.16. The number of nitrogens with zero attached hydrogens (tertiary/aromatic N) is 1. The summed E-state index contributed by atoms with van der Waals surface area (Å²) in [6.07, 6.45) is 1.52. The van der Waals surface area contributed by atoms with Gasteiger partial charge in [0.15, 0.2) is 0 Å². The predicted molar refractivity (Wildman–Crippen MR) is 75.2 cm³/mol. The molecule has 2 nitrogen and oxygen atoms in total. The fraction of sp³-hybridized carbons (Fsp3) is 0.0714. The molecule has 0 heterocycles. The minimum absolute atomic E-state index is 0.0183. The van der Waals surface area contributed by atoms with Gasteiger partial charge >= 0.3 is 0 Å². The van der Waals surface area contributed by atoms with E-state index >= 15 is 0 Å². The Bertz CT molecular complexity index is 564. The van der Waals surface area contributed by atoms with E-state index in [1.54, 1.807) is 30.3 Å². The molecule has 0 aromatic heterocycles. The van der Waals surface area contributed by atoms with Crippen LogP contribution >= 0.6 is 23.2 Å². The monoisotopic (exact) mass is 297 g/mol. The minimum atomic E-state index is -0.408. The van der Waals surface area contributed by atoms with Gasteiger partial charge in [0.05, 0.1) is 11.2 Å². The van der Waals surface area contributed by atoms with E-state index in [0.29, 0.717) is 10.0 Å². The highest BCUT2D eigenvalue weighted by Gasteiger charge is 2.06. The van der Waals surface area contributed by atoms with Crippen LogP contribution in [-0.2, 0) is 11.4 Å². The van der Waals surface area contributed by atoms with Crippen LogP contribution in [0.25, 0.3) is 0 Å². The molecule has 0 saturated heterocycles. The minimum Gasteiger partial charge on any atom is -0.391 e. The van der Waals surface area contributed by atoms with Crippen molar-refractivity contribution in [1.29, 1.82) is 0 Å². The topological polar surface area (TPSA) is 21.6 Å². The maximum atomic E-state index is 13.4. The molecule has 19 heavy (non-hydrogen) atoms. The van der Waals surface area contributed by atoms with Crippen molar-refractivity contribution in [2.24, 2.45) is 5.16 Å². The molecule has 2 aromatic rings. The van der Waals surface area contributed by atoms with Crippen LogP contribution in [0.4, 0.5) is 4.39 Å². The van der Waals surface area contributed by atoms with Crippen molar-refractivity contribution in [3.05, 3.63) is 69.5 Å². The van der Waals surface area contributed by atoms with E-state index in [1.165, 1.54) is 18.3 Å². The van der Waals surface area contributed by atoms with Crippen LogP contribution in [0.1, 0.15) is 11.1 Å². The molecule has 0 fully saturated rings. The molecule has 0 unspecified atom stereocenters. The average Bonchev–Trinajstić information content (AvgIpc) is 2.39. The van der Waals surface area contributed by atoms with Gasteiger partial charge in [0, 0.05) is 10.6 Å². The van der Waals surface area contributed by atoms with E-state index in [2.05, 4.69) is 5.16 Å². The quantitative estimate of drug-likeness (QED) is 0.593. The average molecular weight is 298 g/mol. The Morgan fingerprint density at radius 3 is 2.53 bits per heavy atom. The Morgan fingerprint density at radius 1 is 1.11 bits per heavy atom. The molecule has 5 heteroatoms. The van der Waals surface area contributed by atoms with Crippen molar-refractivity contribution in [2.45, 2.75) is 6.61 Å². The van der Waals surface area contributed by atoms with Crippen molar-refractivity contribution >= 4 is 29.4 Å². The highest BCUT2D eigenvalue weighted by Crippen LogP contribution is 2.19. The fourth-order valence-electron chi connectivity index (χ4n) is 1.42. The molecule has 0 N–H and O–H groups in total. The second-order valence-electron chi connectivity index (χ2n) is 3.76. The van der Waals surface area contributed by atoms with Crippen LogP contribution < -0.4 is 0 Å². The summed E-state index contributed by atoms with van der Waals surface area (Å²) >= 11 is 11.6. The van der Waals surface area contributed by atoms with Crippen molar-refractivity contribution in [2.75, 3.05) is 0 Å². The SMILES string of the molecule is Fc1cccc(Cl)c1CO/N=C/c1ccc(Cl)cc1. The van der Waals surface area contributed by atoms with Crippen LogP contribution in [-0.4, -0.2) is 6.21 Å². The molecule has 0 saturated carbocycles. The summed E-state index contributed by atoms with van der Waals surface area (Å²) in [4.78, 5) is 5.03. The molecule has 0 aliphatic heterocycles. The number of rotatable bonds is 4. The van der Waals surface area contributed by atoms with Gasteiger partial charge in [-0.1, -0.05) is 46.6 Å². The summed E-state index contributed by atoms with van der Waals surface area (Å²) in [6.45, 7) is -0.0183. The normalized spacial score (nSPS) is 10.9. The Balaban J connectivity index is 1.95. The molecule has 98 valence electrons. The molecule has 0 spiro atoms. The second-order valence-corrected chi connectivity index (χ2v) is 4.60. The third-order valence-corrected chi connectivity index (χ3v) is 3.02. The van der Waals surface area contributed by atoms with Crippen molar-refractivity contribution in [1.82, 2.24) is 0 Å². The predicted octanol–water partition coefficient (Wildman–Crippen LogP) is 4.68. The van der Waals surface area contributed by atoms with Gasteiger partial charge in [-0.2, -0.15) is 0 Å². The summed E-state index contributed by atoms with van der Waals surface area (Å²) in [6, 6.07) is 11.6. The second kappa shape index (κ2) is 6.55. The van der Waals surface area contributed by atoms with E-state index in [1.807, 2.05) is 0 Å². The Kier molecular flexibility index (Phi) is 4.77. The van der Waals surface area contributed by atoms with Crippen LogP contribution in [0, 0.1) is 5.82 Å². The molecular weight excluding hydrogens is 288 g/mol. The van der Waals surface area contributed by atoms with Gasteiger partial charge in [-0.3, -0.25) is 0 Å². The lowest BCUT2D eigenvalue weighted by molar-refractivity contribution is 0.129. The Hall–Kier alpha value is -1.58. The molecule has 2 rings (SSSR count). The van der Waals surface area contributed by atoms with Gasteiger partial charge in [-0.25, -0.2) is 4.39 Å². The van der Waals surface area contributed by atoms with Crippen LogP contribution in [0.15, 0.2) is 47.6 Å². The van der Waals surface area contributed by atoms with Gasteiger partial charge in [0.2, 0.25) is 0 Å². The van der Waals surface area contributed by atoms with Gasteiger partial charge in [-0.15, -0.1) is 0 Å². The van der Waals surface area contributed by atoms with E-state index in [4.69, 9.17) is 28.0 Å². The largest absolute Gasteiger partial charge is 0.391 e. The summed E-state index contributed by atoms with van der Waals surface area (Å²) < 4.78 is 13.4. The summed E-state index contributed by atoms with van der Waals surface area (Å²) in [5.41, 5.74) is 1.13. The first-order valence-electron chi connectivity index (χ1n) is 5.50. The molecule has 2 aromatic carbocycles. The number of hydrogen-bond acceptors (Lipinski definition) is 2. The molecule has 0 bridgehead atoms. The number of benzene rings is 2. The lowest BCUT2D eigenvalue weighted by atomic mass is 10.2. The van der Waals surface area contributed by atoms with Crippen LogP contribution in [0.2, 0.25) is 10.0 Å². The zero-order valence-corrected chi connectivity index (χ0v) is 11.3. The van der Waals surface area contributed by atoms with E-state index in [-0.39, 0.29) is 12.2 Å². The molecule has 0 aliphatic carbocycles. The maximum absolute atomic E-state index is 13.4. The molecule has 0 atom stereocenters. The van der Waals surface area contributed by atoms with Crippen LogP contribution in [0.3, 0.4) is 0 Å². The lowest BCUT2D eigenvalue weighted by Crippen LogP contribution is -1.93. The number of hydrogen-bond donors (Lipinski definition) is 0. The smallest absolute Gasteiger partial charge is 0.146 e. The van der Waals surface area contributed by atoms with Crippen molar-refractivity contribution in [3.63, 3.8) is 0 Å². The summed E-state index contributed by atoms with van der Waals surface area (Å²) in [5, 5.41) is 4.73. The van der Waals surface area contributed by atoms with Gasteiger partial charge < -0.3 is 4.84 Å². The molecular formula is C14H10Cl2FNO. The van der Waals surface area contributed by atoms with E-state index in [0.717, 1.165) is 5.56 Å². The zero-order chi connectivity index (χ0) is 13.7. The lowest BCUT2D eigenvalue weighted by Gasteiger charge is -2.03.